The van der Waals surface area contributed by atoms with Gasteiger partial charge in [0, 0.05) is 12.2 Å². The summed E-state index contributed by atoms with van der Waals surface area (Å²) in [5.41, 5.74) is 1.42. The van der Waals surface area contributed by atoms with E-state index in [1.54, 1.807) is 0 Å². The highest BCUT2D eigenvalue weighted by Crippen LogP contribution is 2.26. The summed E-state index contributed by atoms with van der Waals surface area (Å²) < 4.78 is 2.15. The SMILES string of the molecule is CC(C)(C)n1nccc1C1CCCCN1. The summed E-state index contributed by atoms with van der Waals surface area (Å²) in [6.07, 6.45) is 5.78. The van der Waals surface area contributed by atoms with Gasteiger partial charge in [0.2, 0.25) is 0 Å². The maximum Gasteiger partial charge on any atom is 0.0559 e. The van der Waals surface area contributed by atoms with Crippen LogP contribution in [0.2, 0.25) is 0 Å². The monoisotopic (exact) mass is 207 g/mol. The molecule has 0 amide bonds. The first-order chi connectivity index (χ1) is 7.09. The van der Waals surface area contributed by atoms with Crippen molar-refractivity contribution in [3.8, 4) is 0 Å². The van der Waals surface area contributed by atoms with E-state index in [1.165, 1.54) is 25.0 Å². The molecule has 3 nitrogen and oxygen atoms in total. The van der Waals surface area contributed by atoms with E-state index in [1.807, 2.05) is 6.20 Å². The van der Waals surface area contributed by atoms with Gasteiger partial charge in [0.25, 0.3) is 0 Å². The van der Waals surface area contributed by atoms with Crippen LogP contribution in [0.1, 0.15) is 51.8 Å². The molecule has 1 N–H and O–H groups in total. The number of aromatic nitrogens is 2. The number of piperidine rings is 1. The van der Waals surface area contributed by atoms with Crippen LogP contribution in [0.15, 0.2) is 12.3 Å². The fraction of sp³-hybridized carbons (Fsp3) is 0.750. The minimum absolute atomic E-state index is 0.0813. The van der Waals surface area contributed by atoms with Crippen molar-refractivity contribution in [1.82, 2.24) is 15.1 Å². The molecule has 1 aliphatic rings. The van der Waals surface area contributed by atoms with Crippen LogP contribution in [0.25, 0.3) is 0 Å². The standard InChI is InChI=1S/C12H21N3/c1-12(2,3)15-11(7-9-14-15)10-6-4-5-8-13-10/h7,9-10,13H,4-6,8H2,1-3H3. The van der Waals surface area contributed by atoms with Crippen LogP contribution in [0, 0.1) is 0 Å². The van der Waals surface area contributed by atoms with Crippen molar-refractivity contribution in [2.75, 3.05) is 6.54 Å². The van der Waals surface area contributed by atoms with E-state index in [9.17, 15) is 0 Å². The van der Waals surface area contributed by atoms with Gasteiger partial charge in [-0.1, -0.05) is 6.42 Å². The topological polar surface area (TPSA) is 29.9 Å². The molecule has 1 aliphatic heterocycles. The Morgan fingerprint density at radius 1 is 1.40 bits per heavy atom. The molecule has 84 valence electrons. The summed E-state index contributed by atoms with van der Waals surface area (Å²) >= 11 is 0. The van der Waals surface area contributed by atoms with Gasteiger partial charge >= 0.3 is 0 Å². The van der Waals surface area contributed by atoms with Crippen molar-refractivity contribution in [3.05, 3.63) is 18.0 Å². The van der Waals surface area contributed by atoms with Crippen LogP contribution in [0.5, 0.6) is 0 Å². The second-order valence-electron chi connectivity index (χ2n) is 5.34. The van der Waals surface area contributed by atoms with E-state index in [4.69, 9.17) is 0 Å². The first kappa shape index (κ1) is 10.7. The Kier molecular flexibility index (Phi) is 2.83. The molecule has 1 atom stereocenters. The van der Waals surface area contributed by atoms with E-state index >= 15 is 0 Å². The van der Waals surface area contributed by atoms with Crippen molar-refractivity contribution in [2.45, 2.75) is 51.6 Å². The van der Waals surface area contributed by atoms with E-state index < -0.39 is 0 Å². The van der Waals surface area contributed by atoms with Gasteiger partial charge in [-0.15, -0.1) is 0 Å². The third-order valence-electron chi connectivity index (χ3n) is 2.97. The molecular formula is C12H21N3. The molecule has 0 radical (unpaired) electrons. The molecule has 3 heteroatoms. The number of hydrogen-bond acceptors (Lipinski definition) is 2. The minimum atomic E-state index is 0.0813. The zero-order valence-electron chi connectivity index (χ0n) is 9.95. The van der Waals surface area contributed by atoms with Crippen LogP contribution < -0.4 is 5.32 Å². The van der Waals surface area contributed by atoms with Gasteiger partial charge in [-0.2, -0.15) is 5.10 Å². The second-order valence-corrected chi connectivity index (χ2v) is 5.34. The normalized spacial score (nSPS) is 23.0. The zero-order chi connectivity index (χ0) is 10.9. The summed E-state index contributed by atoms with van der Waals surface area (Å²) in [7, 11) is 0. The van der Waals surface area contributed by atoms with Crippen LogP contribution in [-0.2, 0) is 5.54 Å². The Labute approximate surface area is 91.9 Å². The van der Waals surface area contributed by atoms with Crippen molar-refractivity contribution >= 4 is 0 Å². The minimum Gasteiger partial charge on any atom is -0.309 e. The lowest BCUT2D eigenvalue weighted by molar-refractivity contribution is 0.310. The van der Waals surface area contributed by atoms with Crippen molar-refractivity contribution in [3.63, 3.8) is 0 Å². The molecule has 0 spiro atoms. The van der Waals surface area contributed by atoms with Gasteiger partial charge in [-0.3, -0.25) is 4.68 Å². The van der Waals surface area contributed by atoms with E-state index in [0.717, 1.165) is 6.54 Å². The van der Waals surface area contributed by atoms with Gasteiger partial charge in [-0.25, -0.2) is 0 Å². The molecule has 1 unspecified atom stereocenters. The molecule has 1 saturated heterocycles. The third-order valence-corrected chi connectivity index (χ3v) is 2.97. The molecule has 0 bridgehead atoms. The predicted octanol–water partition coefficient (Wildman–Crippen LogP) is 2.45. The molecule has 0 aliphatic carbocycles. The highest BCUT2D eigenvalue weighted by Gasteiger charge is 2.23. The van der Waals surface area contributed by atoms with Gasteiger partial charge < -0.3 is 5.32 Å². The summed E-state index contributed by atoms with van der Waals surface area (Å²) in [6.45, 7) is 7.74. The van der Waals surface area contributed by atoms with E-state index in [0.29, 0.717) is 6.04 Å². The number of nitrogens with zero attached hydrogens (tertiary/aromatic N) is 2. The summed E-state index contributed by atoms with van der Waals surface area (Å²) in [4.78, 5) is 0. The maximum absolute atomic E-state index is 4.44. The summed E-state index contributed by atoms with van der Waals surface area (Å²) in [6, 6.07) is 2.65. The molecule has 1 aromatic heterocycles. The molecule has 2 rings (SSSR count). The third kappa shape index (κ3) is 2.23. The Bertz CT molecular complexity index is 316. The lowest BCUT2D eigenvalue weighted by Crippen LogP contribution is -2.33. The Morgan fingerprint density at radius 3 is 2.80 bits per heavy atom. The molecular weight excluding hydrogens is 186 g/mol. The quantitative estimate of drug-likeness (QED) is 0.766. The van der Waals surface area contributed by atoms with Gasteiger partial charge in [0.1, 0.15) is 0 Å². The maximum atomic E-state index is 4.44. The van der Waals surface area contributed by atoms with Gasteiger partial charge in [0.05, 0.1) is 11.2 Å². The molecule has 0 aromatic carbocycles. The first-order valence-corrected chi connectivity index (χ1v) is 5.87. The highest BCUT2D eigenvalue weighted by atomic mass is 15.3. The number of nitrogens with one attached hydrogen (secondary N) is 1. The fourth-order valence-corrected chi connectivity index (χ4v) is 2.24. The second kappa shape index (κ2) is 3.97. The Hall–Kier alpha value is -0.830. The van der Waals surface area contributed by atoms with Gasteiger partial charge in [-0.05, 0) is 46.2 Å². The Morgan fingerprint density at radius 2 is 2.20 bits per heavy atom. The highest BCUT2D eigenvalue weighted by molar-refractivity contribution is 5.09. The average molecular weight is 207 g/mol. The molecule has 1 aromatic rings. The van der Waals surface area contributed by atoms with E-state index in [-0.39, 0.29) is 5.54 Å². The largest absolute Gasteiger partial charge is 0.309 e. The Balaban J connectivity index is 2.24. The zero-order valence-corrected chi connectivity index (χ0v) is 9.95. The first-order valence-electron chi connectivity index (χ1n) is 5.87. The number of rotatable bonds is 1. The smallest absolute Gasteiger partial charge is 0.0559 e. The van der Waals surface area contributed by atoms with Gasteiger partial charge in [0.15, 0.2) is 0 Å². The van der Waals surface area contributed by atoms with Crippen LogP contribution >= 0.6 is 0 Å². The van der Waals surface area contributed by atoms with Crippen molar-refractivity contribution in [1.29, 1.82) is 0 Å². The number of hydrogen-bond donors (Lipinski definition) is 1. The van der Waals surface area contributed by atoms with Crippen LogP contribution in [-0.4, -0.2) is 16.3 Å². The lowest BCUT2D eigenvalue weighted by Gasteiger charge is -2.29. The summed E-state index contributed by atoms with van der Waals surface area (Å²) in [5.74, 6) is 0. The van der Waals surface area contributed by atoms with Crippen molar-refractivity contribution in [2.24, 2.45) is 0 Å². The molecule has 0 saturated carbocycles. The van der Waals surface area contributed by atoms with Crippen LogP contribution in [0.3, 0.4) is 0 Å². The van der Waals surface area contributed by atoms with Crippen LogP contribution in [0.4, 0.5) is 0 Å². The molecule has 1 fully saturated rings. The molecule has 2 heterocycles. The summed E-state index contributed by atoms with van der Waals surface area (Å²) in [5, 5.41) is 8.01. The average Bonchev–Trinajstić information content (AvgIpc) is 2.67. The lowest BCUT2D eigenvalue weighted by atomic mass is 10.0. The fourth-order valence-electron chi connectivity index (χ4n) is 2.24. The molecule has 15 heavy (non-hydrogen) atoms. The van der Waals surface area contributed by atoms with E-state index in [2.05, 4.69) is 41.9 Å². The predicted molar refractivity (Wildman–Crippen MR) is 61.8 cm³/mol. The van der Waals surface area contributed by atoms with Crippen molar-refractivity contribution < 1.29 is 0 Å².